The van der Waals surface area contributed by atoms with Gasteiger partial charge in [0.15, 0.2) is 11.5 Å². The zero-order valence-corrected chi connectivity index (χ0v) is 24.0. The molecule has 7 heteroatoms. The highest BCUT2D eigenvalue weighted by Crippen LogP contribution is 2.41. The SMILES string of the molecule is COc1cc(NC(C)CCCN2C(=O)c3ccccc3C2=O)c2nccc(C)c2c1OCCCCc1ccccc1. The first-order chi connectivity index (χ1) is 20.0. The van der Waals surface area contributed by atoms with Gasteiger partial charge in [-0.2, -0.15) is 0 Å². The van der Waals surface area contributed by atoms with E-state index in [9.17, 15) is 9.59 Å². The second-order valence-electron chi connectivity index (χ2n) is 10.6. The number of nitrogens with one attached hydrogen (secondary N) is 1. The van der Waals surface area contributed by atoms with Crippen LogP contribution in [0.2, 0.25) is 0 Å². The van der Waals surface area contributed by atoms with Crippen molar-refractivity contribution in [2.75, 3.05) is 25.6 Å². The summed E-state index contributed by atoms with van der Waals surface area (Å²) in [7, 11) is 1.66. The molecule has 41 heavy (non-hydrogen) atoms. The van der Waals surface area contributed by atoms with Gasteiger partial charge in [-0.05, 0) is 75.3 Å². The van der Waals surface area contributed by atoms with Crippen LogP contribution in [0.25, 0.3) is 10.9 Å². The highest BCUT2D eigenvalue weighted by molar-refractivity contribution is 6.21. The number of fused-ring (bicyclic) bond motifs is 2. The molecule has 3 aromatic carbocycles. The second kappa shape index (κ2) is 12.9. The number of methoxy groups -OCH3 is 1. The molecule has 0 spiro atoms. The summed E-state index contributed by atoms with van der Waals surface area (Å²) in [6.07, 6.45) is 6.26. The maximum Gasteiger partial charge on any atom is 0.261 e. The molecule has 212 valence electrons. The van der Waals surface area contributed by atoms with Gasteiger partial charge in [0, 0.05) is 24.8 Å². The molecular weight excluding hydrogens is 514 g/mol. The average molecular weight is 552 g/mol. The van der Waals surface area contributed by atoms with E-state index < -0.39 is 0 Å². The molecule has 2 amide bonds. The minimum atomic E-state index is -0.211. The fourth-order valence-electron chi connectivity index (χ4n) is 5.43. The van der Waals surface area contributed by atoms with E-state index in [1.54, 1.807) is 31.4 Å². The van der Waals surface area contributed by atoms with Gasteiger partial charge in [0.25, 0.3) is 11.8 Å². The first kappa shape index (κ1) is 28.1. The topological polar surface area (TPSA) is 80.8 Å². The monoisotopic (exact) mass is 551 g/mol. The molecule has 2 heterocycles. The van der Waals surface area contributed by atoms with Crippen LogP contribution in [0.4, 0.5) is 5.69 Å². The number of benzene rings is 3. The van der Waals surface area contributed by atoms with E-state index in [1.165, 1.54) is 10.5 Å². The quantitative estimate of drug-likeness (QED) is 0.145. The number of anilines is 1. The van der Waals surface area contributed by atoms with Crippen molar-refractivity contribution < 1.29 is 19.1 Å². The zero-order chi connectivity index (χ0) is 28.8. The number of nitrogens with zero attached hydrogens (tertiary/aromatic N) is 2. The molecule has 5 rings (SSSR count). The number of carbonyl (C=O) groups is 2. The summed E-state index contributed by atoms with van der Waals surface area (Å²) < 4.78 is 12.1. The molecule has 1 aliphatic rings. The Labute approximate surface area is 241 Å². The number of amides is 2. The standard InChI is InChI=1S/C34H37N3O4/c1-23-18-19-35-31-28(36-24(2)12-11-20-37-33(38)26-16-7-8-17-27(26)34(37)39)22-29(40-3)32(30(23)31)41-21-10-9-15-25-13-5-4-6-14-25/h4-8,13-14,16-19,22,24,36H,9-12,15,20-21H2,1-3H3. The predicted octanol–water partition coefficient (Wildman–Crippen LogP) is 6.83. The Morgan fingerprint density at radius 2 is 1.63 bits per heavy atom. The predicted molar refractivity (Wildman–Crippen MR) is 162 cm³/mol. The first-order valence-corrected chi connectivity index (χ1v) is 14.3. The number of unbranched alkanes of at least 4 members (excludes halogenated alkanes) is 1. The summed E-state index contributed by atoms with van der Waals surface area (Å²) in [6.45, 7) is 5.12. The maximum atomic E-state index is 12.7. The van der Waals surface area contributed by atoms with E-state index in [4.69, 9.17) is 14.5 Å². The van der Waals surface area contributed by atoms with Crippen molar-refractivity contribution in [2.45, 2.75) is 52.0 Å². The smallest absolute Gasteiger partial charge is 0.261 e. The van der Waals surface area contributed by atoms with E-state index in [1.807, 2.05) is 24.4 Å². The summed E-state index contributed by atoms with van der Waals surface area (Å²) in [4.78, 5) is 31.4. The molecule has 0 aliphatic carbocycles. The summed E-state index contributed by atoms with van der Waals surface area (Å²) >= 11 is 0. The molecule has 0 radical (unpaired) electrons. The molecular formula is C34H37N3O4. The largest absolute Gasteiger partial charge is 0.493 e. The second-order valence-corrected chi connectivity index (χ2v) is 10.6. The molecule has 7 nitrogen and oxygen atoms in total. The van der Waals surface area contributed by atoms with Crippen LogP contribution in [0.5, 0.6) is 11.5 Å². The Morgan fingerprint density at radius 1 is 0.927 bits per heavy atom. The van der Waals surface area contributed by atoms with Gasteiger partial charge in [-0.25, -0.2) is 0 Å². The van der Waals surface area contributed by atoms with Crippen molar-refractivity contribution in [1.29, 1.82) is 0 Å². The Bertz CT molecular complexity index is 1500. The molecule has 0 bridgehead atoms. The number of aromatic nitrogens is 1. The fraction of sp³-hybridized carbons (Fsp3) is 0.324. The summed E-state index contributed by atoms with van der Waals surface area (Å²) in [5, 5.41) is 4.53. The van der Waals surface area contributed by atoms with Crippen molar-refractivity contribution in [3.05, 3.63) is 95.2 Å². The lowest BCUT2D eigenvalue weighted by Crippen LogP contribution is -2.31. The zero-order valence-electron chi connectivity index (χ0n) is 24.0. The molecule has 4 aromatic rings. The van der Waals surface area contributed by atoms with Gasteiger partial charge in [-0.3, -0.25) is 19.5 Å². The van der Waals surface area contributed by atoms with Crippen molar-refractivity contribution >= 4 is 28.4 Å². The normalized spacial score (nSPS) is 13.4. The molecule has 0 saturated carbocycles. The Hall–Kier alpha value is -4.39. The number of carbonyl (C=O) groups excluding carboxylic acids is 2. The van der Waals surface area contributed by atoms with E-state index in [0.29, 0.717) is 36.4 Å². The average Bonchev–Trinajstić information content (AvgIpc) is 3.23. The lowest BCUT2D eigenvalue weighted by atomic mass is 10.1. The summed E-state index contributed by atoms with van der Waals surface area (Å²) in [6, 6.07) is 21.5. The van der Waals surface area contributed by atoms with E-state index in [2.05, 4.69) is 43.4 Å². The molecule has 1 aliphatic heterocycles. The number of ether oxygens (including phenoxy) is 2. The highest BCUT2D eigenvalue weighted by Gasteiger charge is 2.34. The molecule has 1 N–H and O–H groups in total. The van der Waals surface area contributed by atoms with Crippen LogP contribution in [0.3, 0.4) is 0 Å². The van der Waals surface area contributed by atoms with Gasteiger partial charge in [0.05, 0.1) is 41.4 Å². The van der Waals surface area contributed by atoms with E-state index in [0.717, 1.165) is 53.6 Å². The van der Waals surface area contributed by atoms with Crippen LogP contribution in [-0.4, -0.2) is 48.0 Å². The molecule has 1 unspecified atom stereocenters. The molecule has 1 aromatic heterocycles. The van der Waals surface area contributed by atoms with Crippen molar-refractivity contribution in [1.82, 2.24) is 9.88 Å². The van der Waals surface area contributed by atoms with Gasteiger partial charge in [0.1, 0.15) is 0 Å². The molecule has 1 atom stereocenters. The van der Waals surface area contributed by atoms with E-state index in [-0.39, 0.29) is 17.9 Å². The van der Waals surface area contributed by atoms with Crippen LogP contribution in [0.1, 0.15) is 64.4 Å². The lowest BCUT2D eigenvalue weighted by molar-refractivity contribution is 0.0651. The van der Waals surface area contributed by atoms with Gasteiger partial charge in [-0.1, -0.05) is 42.5 Å². The van der Waals surface area contributed by atoms with Crippen molar-refractivity contribution in [3.63, 3.8) is 0 Å². The number of rotatable bonds is 13. The molecule has 0 fully saturated rings. The fourth-order valence-corrected chi connectivity index (χ4v) is 5.43. The van der Waals surface area contributed by atoms with E-state index >= 15 is 0 Å². The Kier molecular flexibility index (Phi) is 8.82. The van der Waals surface area contributed by atoms with Crippen LogP contribution in [0.15, 0.2) is 72.9 Å². The Balaban J connectivity index is 1.23. The van der Waals surface area contributed by atoms with Gasteiger partial charge < -0.3 is 14.8 Å². The highest BCUT2D eigenvalue weighted by atomic mass is 16.5. The number of pyridine rings is 1. The minimum absolute atomic E-state index is 0.0742. The van der Waals surface area contributed by atoms with Crippen molar-refractivity contribution in [3.8, 4) is 11.5 Å². The maximum absolute atomic E-state index is 12.7. The molecule has 0 saturated heterocycles. The van der Waals surface area contributed by atoms with Gasteiger partial charge >= 0.3 is 0 Å². The summed E-state index contributed by atoms with van der Waals surface area (Å²) in [5.74, 6) is 0.962. The van der Waals surface area contributed by atoms with Crippen LogP contribution in [-0.2, 0) is 6.42 Å². The van der Waals surface area contributed by atoms with Gasteiger partial charge in [-0.15, -0.1) is 0 Å². The minimum Gasteiger partial charge on any atom is -0.493 e. The third kappa shape index (κ3) is 6.19. The third-order valence-corrected chi connectivity index (χ3v) is 7.61. The van der Waals surface area contributed by atoms with Crippen molar-refractivity contribution in [2.24, 2.45) is 0 Å². The third-order valence-electron chi connectivity index (χ3n) is 7.61. The number of hydrogen-bond acceptors (Lipinski definition) is 6. The Morgan fingerprint density at radius 3 is 2.34 bits per heavy atom. The number of hydrogen-bond donors (Lipinski definition) is 1. The van der Waals surface area contributed by atoms with Crippen LogP contribution in [0, 0.1) is 6.92 Å². The van der Waals surface area contributed by atoms with Gasteiger partial charge in [0.2, 0.25) is 0 Å². The first-order valence-electron chi connectivity index (χ1n) is 14.3. The number of imide groups is 1. The van der Waals surface area contributed by atoms with Crippen LogP contribution < -0.4 is 14.8 Å². The van der Waals surface area contributed by atoms with Crippen LogP contribution >= 0.6 is 0 Å². The number of aryl methyl sites for hydroxylation is 2. The lowest BCUT2D eigenvalue weighted by Gasteiger charge is -2.21. The summed E-state index contributed by atoms with van der Waals surface area (Å²) in [5.41, 5.74) is 5.07.